The van der Waals surface area contributed by atoms with Crippen LogP contribution in [0.3, 0.4) is 0 Å². The maximum absolute atomic E-state index is 12.9. The van der Waals surface area contributed by atoms with Crippen molar-refractivity contribution in [2.75, 3.05) is 0 Å². The van der Waals surface area contributed by atoms with Crippen molar-refractivity contribution in [2.45, 2.75) is 6.92 Å². The van der Waals surface area contributed by atoms with Crippen LogP contribution in [0.1, 0.15) is 5.69 Å². The number of phenolic OH excluding ortho intramolecular Hbond substituents is 1. The molecule has 0 atom stereocenters. The topological polar surface area (TPSA) is 70.4 Å². The minimum atomic E-state index is -0.269. The van der Waals surface area contributed by atoms with Crippen LogP contribution in [0.15, 0.2) is 59.5 Å². The standard InChI is InChI=1S/C19H14ClN3O2/c1-11-17(12-6-8-13(20)9-7-12)18-21-10-15(19(25)23(18)22-11)14-4-2-3-5-16(14)24/h2-10,22,24H,1H3. The number of fused-ring (bicyclic) bond motifs is 1. The summed E-state index contributed by atoms with van der Waals surface area (Å²) in [6, 6.07) is 14.1. The molecular weight excluding hydrogens is 338 g/mol. The molecule has 2 aromatic heterocycles. The summed E-state index contributed by atoms with van der Waals surface area (Å²) in [5.41, 5.74) is 3.63. The van der Waals surface area contributed by atoms with Gasteiger partial charge in [0.25, 0.3) is 5.56 Å². The maximum atomic E-state index is 12.9. The van der Waals surface area contributed by atoms with E-state index in [4.69, 9.17) is 11.6 Å². The molecule has 0 unspecified atom stereocenters. The molecule has 0 bridgehead atoms. The number of rotatable bonds is 2. The second kappa shape index (κ2) is 5.79. The molecule has 124 valence electrons. The lowest BCUT2D eigenvalue weighted by atomic mass is 10.1. The Morgan fingerprint density at radius 3 is 2.52 bits per heavy atom. The van der Waals surface area contributed by atoms with Gasteiger partial charge in [0, 0.05) is 28.0 Å². The molecule has 0 aliphatic rings. The number of aromatic amines is 1. The molecular formula is C19H14ClN3O2. The van der Waals surface area contributed by atoms with Crippen molar-refractivity contribution < 1.29 is 5.11 Å². The van der Waals surface area contributed by atoms with E-state index in [-0.39, 0.29) is 11.3 Å². The second-order valence-corrected chi connectivity index (χ2v) is 6.21. The molecule has 0 saturated carbocycles. The van der Waals surface area contributed by atoms with Gasteiger partial charge in [0.05, 0.1) is 5.56 Å². The van der Waals surface area contributed by atoms with E-state index in [2.05, 4.69) is 10.1 Å². The van der Waals surface area contributed by atoms with Crippen LogP contribution >= 0.6 is 11.6 Å². The Bertz CT molecular complexity index is 1140. The van der Waals surface area contributed by atoms with Crippen LogP contribution in [0.5, 0.6) is 5.75 Å². The first kappa shape index (κ1) is 15.5. The molecule has 0 aliphatic heterocycles. The highest BCUT2D eigenvalue weighted by Crippen LogP contribution is 2.29. The fourth-order valence-electron chi connectivity index (χ4n) is 2.97. The number of para-hydroxylation sites is 1. The molecule has 25 heavy (non-hydrogen) atoms. The summed E-state index contributed by atoms with van der Waals surface area (Å²) in [5.74, 6) is 0.0440. The zero-order valence-electron chi connectivity index (χ0n) is 13.3. The van der Waals surface area contributed by atoms with Gasteiger partial charge in [-0.25, -0.2) is 9.50 Å². The normalized spacial score (nSPS) is 11.1. The Kier molecular flexibility index (Phi) is 3.58. The summed E-state index contributed by atoms with van der Waals surface area (Å²) in [6.07, 6.45) is 1.50. The Balaban J connectivity index is 1.97. The molecule has 0 aliphatic carbocycles. The number of aromatic nitrogens is 3. The molecule has 0 fully saturated rings. The average Bonchev–Trinajstić information content (AvgIpc) is 2.94. The van der Waals surface area contributed by atoms with Gasteiger partial charge in [-0.1, -0.05) is 41.9 Å². The van der Waals surface area contributed by atoms with Crippen LogP contribution in [-0.4, -0.2) is 19.7 Å². The summed E-state index contributed by atoms with van der Waals surface area (Å²) < 4.78 is 1.40. The Labute approximate surface area is 148 Å². The van der Waals surface area contributed by atoms with Crippen molar-refractivity contribution >= 4 is 17.2 Å². The molecule has 0 amide bonds. The van der Waals surface area contributed by atoms with E-state index in [1.807, 2.05) is 19.1 Å². The van der Waals surface area contributed by atoms with Crippen LogP contribution in [-0.2, 0) is 0 Å². The number of aryl methyl sites for hydroxylation is 1. The third-order valence-corrected chi connectivity index (χ3v) is 4.42. The van der Waals surface area contributed by atoms with Crippen LogP contribution < -0.4 is 5.56 Å². The Morgan fingerprint density at radius 2 is 1.80 bits per heavy atom. The second-order valence-electron chi connectivity index (χ2n) is 5.77. The van der Waals surface area contributed by atoms with E-state index in [0.717, 1.165) is 16.8 Å². The molecule has 2 heterocycles. The van der Waals surface area contributed by atoms with E-state index >= 15 is 0 Å². The predicted octanol–water partition coefficient (Wildman–Crippen LogP) is 4.02. The smallest absolute Gasteiger partial charge is 0.280 e. The summed E-state index contributed by atoms with van der Waals surface area (Å²) in [6.45, 7) is 1.89. The molecule has 6 heteroatoms. The quantitative estimate of drug-likeness (QED) is 0.573. The highest BCUT2D eigenvalue weighted by atomic mass is 35.5. The van der Waals surface area contributed by atoms with Gasteiger partial charge < -0.3 is 5.11 Å². The van der Waals surface area contributed by atoms with Gasteiger partial charge in [-0.15, -0.1) is 0 Å². The average molecular weight is 352 g/mol. The molecule has 2 N–H and O–H groups in total. The highest BCUT2D eigenvalue weighted by Gasteiger charge is 2.17. The van der Waals surface area contributed by atoms with Crippen LogP contribution in [0.25, 0.3) is 27.9 Å². The van der Waals surface area contributed by atoms with E-state index in [9.17, 15) is 9.90 Å². The highest BCUT2D eigenvalue weighted by molar-refractivity contribution is 6.30. The molecule has 2 aromatic carbocycles. The number of aromatic hydroxyl groups is 1. The summed E-state index contributed by atoms with van der Waals surface area (Å²) in [4.78, 5) is 17.4. The molecule has 0 saturated heterocycles. The van der Waals surface area contributed by atoms with E-state index in [1.165, 1.54) is 10.7 Å². The number of H-pyrrole nitrogens is 1. The lowest BCUT2D eigenvalue weighted by Gasteiger charge is -2.04. The summed E-state index contributed by atoms with van der Waals surface area (Å²) in [7, 11) is 0. The number of phenols is 1. The van der Waals surface area contributed by atoms with Crippen molar-refractivity contribution in [3.8, 4) is 28.0 Å². The molecule has 5 nitrogen and oxygen atoms in total. The van der Waals surface area contributed by atoms with Crippen molar-refractivity contribution in [3.05, 3.63) is 75.8 Å². The predicted molar refractivity (Wildman–Crippen MR) is 98.1 cm³/mol. The number of hydrogen-bond acceptors (Lipinski definition) is 3. The summed E-state index contributed by atoms with van der Waals surface area (Å²) in [5, 5.41) is 13.7. The Morgan fingerprint density at radius 1 is 1.08 bits per heavy atom. The fourth-order valence-corrected chi connectivity index (χ4v) is 3.10. The first-order chi connectivity index (χ1) is 12.1. The zero-order chi connectivity index (χ0) is 17.6. The minimum absolute atomic E-state index is 0.0440. The van der Waals surface area contributed by atoms with Crippen molar-refractivity contribution in [1.82, 2.24) is 14.6 Å². The molecule has 4 rings (SSSR count). The molecule has 0 radical (unpaired) electrons. The molecule has 0 spiro atoms. The monoisotopic (exact) mass is 351 g/mol. The van der Waals surface area contributed by atoms with Gasteiger partial charge in [-0.05, 0) is 30.7 Å². The lowest BCUT2D eigenvalue weighted by molar-refractivity contribution is 0.477. The third-order valence-electron chi connectivity index (χ3n) is 4.17. The Hall–Kier alpha value is -3.05. The van der Waals surface area contributed by atoms with Gasteiger partial charge in [-0.3, -0.25) is 9.89 Å². The van der Waals surface area contributed by atoms with Crippen molar-refractivity contribution in [1.29, 1.82) is 0 Å². The van der Waals surface area contributed by atoms with Gasteiger partial charge in [0.1, 0.15) is 5.75 Å². The van der Waals surface area contributed by atoms with Crippen LogP contribution in [0.2, 0.25) is 5.02 Å². The van der Waals surface area contributed by atoms with Crippen LogP contribution in [0, 0.1) is 6.92 Å². The fraction of sp³-hybridized carbons (Fsp3) is 0.0526. The summed E-state index contributed by atoms with van der Waals surface area (Å²) >= 11 is 5.96. The first-order valence-electron chi connectivity index (χ1n) is 7.71. The zero-order valence-corrected chi connectivity index (χ0v) is 14.1. The number of halogens is 1. The van der Waals surface area contributed by atoms with Gasteiger partial charge in [-0.2, -0.15) is 0 Å². The number of nitrogens with zero attached hydrogens (tertiary/aromatic N) is 2. The number of nitrogens with one attached hydrogen (secondary N) is 1. The van der Waals surface area contributed by atoms with Gasteiger partial charge >= 0.3 is 0 Å². The van der Waals surface area contributed by atoms with Gasteiger partial charge in [0.15, 0.2) is 5.65 Å². The first-order valence-corrected chi connectivity index (χ1v) is 8.08. The van der Waals surface area contributed by atoms with Crippen molar-refractivity contribution in [2.24, 2.45) is 0 Å². The lowest BCUT2D eigenvalue weighted by Crippen LogP contribution is -2.17. The van der Waals surface area contributed by atoms with Crippen LogP contribution in [0.4, 0.5) is 0 Å². The van der Waals surface area contributed by atoms with E-state index in [1.54, 1.807) is 36.4 Å². The van der Waals surface area contributed by atoms with Gasteiger partial charge in [0.2, 0.25) is 0 Å². The third kappa shape index (κ3) is 2.49. The number of benzene rings is 2. The maximum Gasteiger partial charge on any atom is 0.280 e. The SMILES string of the molecule is Cc1[nH]n2c(=O)c(-c3ccccc3O)cnc2c1-c1ccc(Cl)cc1. The largest absolute Gasteiger partial charge is 0.507 e. The van der Waals surface area contributed by atoms with E-state index < -0.39 is 0 Å². The van der Waals surface area contributed by atoms with Crippen molar-refractivity contribution in [3.63, 3.8) is 0 Å². The van der Waals surface area contributed by atoms with E-state index in [0.29, 0.717) is 21.8 Å². The minimum Gasteiger partial charge on any atom is -0.507 e. The number of hydrogen-bond donors (Lipinski definition) is 2. The molecule has 4 aromatic rings.